The largest absolute Gasteiger partial charge is 0.491 e. The van der Waals surface area contributed by atoms with Gasteiger partial charge in [-0.3, -0.25) is 9.69 Å². The van der Waals surface area contributed by atoms with Gasteiger partial charge >= 0.3 is 0 Å². The Morgan fingerprint density at radius 1 is 1.39 bits per heavy atom. The Kier molecular flexibility index (Phi) is 4.82. The van der Waals surface area contributed by atoms with Crippen LogP contribution in [0.4, 0.5) is 4.39 Å². The highest BCUT2D eigenvalue weighted by Gasteiger charge is 2.37. The van der Waals surface area contributed by atoms with E-state index in [1.165, 1.54) is 30.7 Å². The summed E-state index contributed by atoms with van der Waals surface area (Å²) in [4.78, 5) is 13.9. The lowest BCUT2D eigenvalue weighted by Crippen LogP contribution is -2.46. The summed E-state index contributed by atoms with van der Waals surface area (Å²) in [7, 11) is 0. The van der Waals surface area contributed by atoms with Crippen LogP contribution in [0.1, 0.15) is 25.7 Å². The molecule has 1 aliphatic heterocycles. The lowest BCUT2D eigenvalue weighted by molar-refractivity contribution is -0.123. The third-order valence-corrected chi connectivity index (χ3v) is 4.57. The molecule has 0 spiro atoms. The minimum atomic E-state index is -0.967. The molecule has 0 aromatic heterocycles. The molecule has 6 heteroatoms. The topological polar surface area (TPSA) is 61.8 Å². The number of hydrogen-bond donors (Lipinski definition) is 2. The van der Waals surface area contributed by atoms with Crippen LogP contribution in [0.15, 0.2) is 24.3 Å². The number of hydrogen-bond acceptors (Lipinski definition) is 4. The first kappa shape index (κ1) is 16.2. The highest BCUT2D eigenvalue weighted by atomic mass is 19.1. The summed E-state index contributed by atoms with van der Waals surface area (Å²) in [6.45, 7) is 1.53. The fraction of sp³-hybridized carbons (Fsp3) is 0.588. The molecule has 1 heterocycles. The summed E-state index contributed by atoms with van der Waals surface area (Å²) in [5.41, 5.74) is -0.967. The van der Waals surface area contributed by atoms with Crippen molar-refractivity contribution in [1.29, 1.82) is 0 Å². The van der Waals surface area contributed by atoms with Crippen LogP contribution in [0.2, 0.25) is 0 Å². The Labute approximate surface area is 135 Å². The molecule has 0 unspecified atom stereocenters. The van der Waals surface area contributed by atoms with Crippen molar-refractivity contribution in [2.24, 2.45) is 0 Å². The van der Waals surface area contributed by atoms with Gasteiger partial charge in [-0.05, 0) is 49.9 Å². The van der Waals surface area contributed by atoms with Gasteiger partial charge in [0, 0.05) is 19.1 Å². The smallest absolute Gasteiger partial charge is 0.234 e. The van der Waals surface area contributed by atoms with Gasteiger partial charge in [0.2, 0.25) is 5.91 Å². The lowest BCUT2D eigenvalue weighted by atomic mass is 9.93. The molecule has 1 aromatic carbocycles. The van der Waals surface area contributed by atoms with Crippen molar-refractivity contribution in [3.8, 4) is 5.75 Å². The maximum atomic E-state index is 12.8. The monoisotopic (exact) mass is 322 g/mol. The zero-order chi connectivity index (χ0) is 16.3. The number of benzene rings is 1. The molecular weight excluding hydrogens is 299 g/mol. The van der Waals surface area contributed by atoms with E-state index in [2.05, 4.69) is 5.32 Å². The lowest BCUT2D eigenvalue weighted by Gasteiger charge is -2.28. The highest BCUT2D eigenvalue weighted by molar-refractivity contribution is 5.78. The van der Waals surface area contributed by atoms with Gasteiger partial charge in [-0.15, -0.1) is 0 Å². The SMILES string of the molecule is O=C(CN1CC[C@@](O)(COc2ccc(F)cc2)C1)NC1CCC1. The molecule has 2 fully saturated rings. The van der Waals surface area contributed by atoms with E-state index in [4.69, 9.17) is 4.74 Å². The van der Waals surface area contributed by atoms with E-state index in [0.717, 1.165) is 12.8 Å². The molecule has 1 saturated carbocycles. The van der Waals surface area contributed by atoms with Crippen molar-refractivity contribution in [3.63, 3.8) is 0 Å². The van der Waals surface area contributed by atoms with Gasteiger partial charge in [-0.2, -0.15) is 0 Å². The quantitative estimate of drug-likeness (QED) is 0.829. The van der Waals surface area contributed by atoms with Gasteiger partial charge in [0.15, 0.2) is 0 Å². The van der Waals surface area contributed by atoms with Crippen LogP contribution in [0.5, 0.6) is 5.75 Å². The van der Waals surface area contributed by atoms with Crippen molar-refractivity contribution in [2.45, 2.75) is 37.3 Å². The Morgan fingerprint density at radius 3 is 2.78 bits per heavy atom. The van der Waals surface area contributed by atoms with Crippen LogP contribution >= 0.6 is 0 Å². The predicted octanol–water partition coefficient (Wildman–Crippen LogP) is 1.31. The maximum absolute atomic E-state index is 12.8. The molecule has 0 bridgehead atoms. The van der Waals surface area contributed by atoms with Crippen LogP contribution in [-0.4, -0.2) is 53.8 Å². The van der Waals surface area contributed by atoms with Crippen LogP contribution in [0.3, 0.4) is 0 Å². The molecular formula is C17H23FN2O3. The average molecular weight is 322 g/mol. The van der Waals surface area contributed by atoms with Gasteiger partial charge in [-0.1, -0.05) is 0 Å². The van der Waals surface area contributed by atoms with Gasteiger partial charge < -0.3 is 15.2 Å². The van der Waals surface area contributed by atoms with E-state index >= 15 is 0 Å². The zero-order valence-electron chi connectivity index (χ0n) is 13.1. The number of halogens is 1. The van der Waals surface area contributed by atoms with Crippen molar-refractivity contribution in [3.05, 3.63) is 30.1 Å². The Balaban J connectivity index is 1.43. The minimum absolute atomic E-state index is 0.0263. The van der Waals surface area contributed by atoms with Crippen molar-refractivity contribution >= 4 is 5.91 Å². The molecule has 0 radical (unpaired) electrons. The molecule has 3 rings (SSSR count). The van der Waals surface area contributed by atoms with Crippen LogP contribution in [-0.2, 0) is 4.79 Å². The summed E-state index contributed by atoms with van der Waals surface area (Å²) in [5.74, 6) is 0.236. The number of amides is 1. The number of likely N-dealkylation sites (tertiary alicyclic amines) is 1. The first-order valence-electron chi connectivity index (χ1n) is 8.15. The molecule has 1 aromatic rings. The van der Waals surface area contributed by atoms with Crippen molar-refractivity contribution in [2.75, 3.05) is 26.2 Å². The van der Waals surface area contributed by atoms with Gasteiger partial charge in [0.25, 0.3) is 0 Å². The first-order valence-corrected chi connectivity index (χ1v) is 8.15. The Hall–Kier alpha value is -1.66. The van der Waals surface area contributed by atoms with Gasteiger partial charge in [0.05, 0.1) is 6.54 Å². The normalized spacial score (nSPS) is 25.1. The second-order valence-corrected chi connectivity index (χ2v) is 6.62. The average Bonchev–Trinajstić information content (AvgIpc) is 2.84. The van der Waals surface area contributed by atoms with Crippen molar-refractivity contribution < 1.29 is 19.0 Å². The minimum Gasteiger partial charge on any atom is -0.491 e. The molecule has 23 heavy (non-hydrogen) atoms. The van der Waals surface area contributed by atoms with Crippen LogP contribution in [0, 0.1) is 5.82 Å². The fourth-order valence-electron chi connectivity index (χ4n) is 2.97. The summed E-state index contributed by atoms with van der Waals surface area (Å²) in [6.07, 6.45) is 3.89. The second-order valence-electron chi connectivity index (χ2n) is 6.62. The molecule has 1 aliphatic carbocycles. The number of carbonyl (C=O) groups excluding carboxylic acids is 1. The van der Waals surface area contributed by atoms with Gasteiger partial charge in [0.1, 0.15) is 23.8 Å². The molecule has 1 saturated heterocycles. The number of nitrogens with one attached hydrogen (secondary N) is 1. The maximum Gasteiger partial charge on any atom is 0.234 e. The molecule has 1 atom stereocenters. The summed E-state index contributed by atoms with van der Waals surface area (Å²) in [6, 6.07) is 6.07. The van der Waals surface area contributed by atoms with E-state index in [1.54, 1.807) is 0 Å². The summed E-state index contributed by atoms with van der Waals surface area (Å²) < 4.78 is 18.4. The number of aliphatic hydroxyl groups is 1. The van der Waals surface area contributed by atoms with E-state index < -0.39 is 5.60 Å². The number of carbonyl (C=O) groups is 1. The zero-order valence-corrected chi connectivity index (χ0v) is 13.1. The number of β-amino-alcohol motifs (C(OH)–C–C–N with tert-alkyl or cyclic N) is 1. The molecule has 2 aliphatic rings. The summed E-state index contributed by atoms with van der Waals surface area (Å²) in [5, 5.41) is 13.6. The van der Waals surface area contributed by atoms with Crippen LogP contribution in [0.25, 0.3) is 0 Å². The van der Waals surface area contributed by atoms with Crippen molar-refractivity contribution in [1.82, 2.24) is 10.2 Å². The van der Waals surface area contributed by atoms with E-state index in [-0.39, 0.29) is 18.3 Å². The third kappa shape index (κ3) is 4.42. The predicted molar refractivity (Wildman–Crippen MR) is 83.7 cm³/mol. The fourth-order valence-corrected chi connectivity index (χ4v) is 2.97. The Bertz CT molecular complexity index is 547. The van der Waals surface area contributed by atoms with E-state index in [0.29, 0.717) is 37.8 Å². The standard InChI is InChI=1S/C17H23FN2O3/c18-13-4-6-15(7-5-13)23-12-17(22)8-9-20(11-17)10-16(21)19-14-2-1-3-14/h4-7,14,22H,1-3,8-12H2,(H,19,21)/t17-/m0/s1. The second kappa shape index (κ2) is 6.84. The number of ether oxygens (including phenoxy) is 1. The number of rotatable bonds is 6. The molecule has 2 N–H and O–H groups in total. The van der Waals surface area contributed by atoms with E-state index in [1.807, 2.05) is 4.90 Å². The van der Waals surface area contributed by atoms with Gasteiger partial charge in [-0.25, -0.2) is 4.39 Å². The molecule has 5 nitrogen and oxygen atoms in total. The highest BCUT2D eigenvalue weighted by Crippen LogP contribution is 2.23. The Morgan fingerprint density at radius 2 is 2.13 bits per heavy atom. The first-order chi connectivity index (χ1) is 11.0. The molecule has 126 valence electrons. The van der Waals surface area contributed by atoms with Crippen LogP contribution < -0.4 is 10.1 Å². The van der Waals surface area contributed by atoms with E-state index in [9.17, 15) is 14.3 Å². The molecule has 1 amide bonds. The third-order valence-electron chi connectivity index (χ3n) is 4.57. The number of nitrogens with zero attached hydrogens (tertiary/aromatic N) is 1. The summed E-state index contributed by atoms with van der Waals surface area (Å²) >= 11 is 0.